The van der Waals surface area contributed by atoms with Gasteiger partial charge in [0.15, 0.2) is 17.5 Å². The molecule has 0 atom stereocenters. The molecule has 0 unspecified atom stereocenters. The first-order valence-electron chi connectivity index (χ1n) is 10.5. The minimum Gasteiger partial charge on any atom is -0.493 e. The lowest BCUT2D eigenvalue weighted by Gasteiger charge is -2.33. The molecule has 0 aliphatic carbocycles. The van der Waals surface area contributed by atoms with Crippen LogP contribution in [0.2, 0.25) is 0 Å². The summed E-state index contributed by atoms with van der Waals surface area (Å²) in [6.45, 7) is 7.35. The van der Waals surface area contributed by atoms with Gasteiger partial charge in [0.25, 0.3) is 0 Å². The van der Waals surface area contributed by atoms with Crippen LogP contribution >= 0.6 is 0 Å². The summed E-state index contributed by atoms with van der Waals surface area (Å²) in [7, 11) is 3.46. The Kier molecular flexibility index (Phi) is 9.60. The first-order chi connectivity index (χ1) is 14.1. The first kappa shape index (κ1) is 22.8. The number of carbonyl (C=O) groups is 1. The molecule has 0 aromatic heterocycles. The zero-order valence-corrected chi connectivity index (χ0v) is 18.2. The number of esters is 1. The third-order valence-corrected chi connectivity index (χ3v) is 5.08. The van der Waals surface area contributed by atoms with Crippen LogP contribution in [-0.2, 0) is 16.0 Å². The van der Waals surface area contributed by atoms with Crippen molar-refractivity contribution >= 4 is 11.9 Å². The number of ether oxygens (including phenoxy) is 3. The van der Waals surface area contributed by atoms with Crippen molar-refractivity contribution in [1.82, 2.24) is 10.2 Å². The van der Waals surface area contributed by atoms with Gasteiger partial charge in [-0.05, 0) is 57.2 Å². The quantitative estimate of drug-likeness (QED) is 0.295. The highest BCUT2D eigenvalue weighted by atomic mass is 16.5. The number of carbonyl (C=O) groups excluding carboxylic acids is 1. The van der Waals surface area contributed by atoms with E-state index in [1.54, 1.807) is 14.2 Å². The average molecular weight is 406 g/mol. The molecule has 29 heavy (non-hydrogen) atoms. The highest BCUT2D eigenvalue weighted by molar-refractivity contribution is 5.80. The predicted molar refractivity (Wildman–Crippen MR) is 115 cm³/mol. The topological polar surface area (TPSA) is 72.4 Å². The van der Waals surface area contributed by atoms with E-state index < -0.39 is 0 Å². The summed E-state index contributed by atoms with van der Waals surface area (Å²) < 4.78 is 16.1. The van der Waals surface area contributed by atoms with Crippen molar-refractivity contribution < 1.29 is 19.0 Å². The van der Waals surface area contributed by atoms with Gasteiger partial charge in [0.1, 0.15) is 0 Å². The van der Waals surface area contributed by atoms with Crippen LogP contribution in [0, 0.1) is 5.92 Å². The Labute approximate surface area is 174 Å². The van der Waals surface area contributed by atoms with Gasteiger partial charge in [-0.15, -0.1) is 0 Å². The lowest BCUT2D eigenvalue weighted by molar-refractivity contribution is -0.149. The van der Waals surface area contributed by atoms with Gasteiger partial charge in [0, 0.05) is 26.7 Å². The molecule has 7 nitrogen and oxygen atoms in total. The molecule has 1 saturated heterocycles. The number of guanidine groups is 1. The number of nitrogens with zero attached hydrogens (tertiary/aromatic N) is 2. The molecular weight excluding hydrogens is 370 g/mol. The third kappa shape index (κ3) is 6.84. The van der Waals surface area contributed by atoms with Crippen molar-refractivity contribution in [3.8, 4) is 11.5 Å². The van der Waals surface area contributed by atoms with Crippen molar-refractivity contribution in [2.75, 3.05) is 47.0 Å². The van der Waals surface area contributed by atoms with Gasteiger partial charge in [-0.3, -0.25) is 9.79 Å². The molecule has 1 aliphatic heterocycles. The summed E-state index contributed by atoms with van der Waals surface area (Å²) in [5.41, 5.74) is 1.22. The minimum absolute atomic E-state index is 0.0129. The van der Waals surface area contributed by atoms with Crippen LogP contribution in [0.15, 0.2) is 23.2 Å². The van der Waals surface area contributed by atoms with Crippen molar-refractivity contribution in [2.24, 2.45) is 10.9 Å². The Balaban J connectivity index is 1.77. The largest absolute Gasteiger partial charge is 0.493 e. The number of aliphatic imine (C=N–C) groups is 1. The number of hydrogen-bond donors (Lipinski definition) is 1. The molecule has 0 radical (unpaired) electrons. The number of nitrogens with one attached hydrogen (secondary N) is 1. The maximum absolute atomic E-state index is 11.9. The molecule has 1 N–H and O–H groups in total. The summed E-state index contributed by atoms with van der Waals surface area (Å²) in [6, 6.07) is 6.09. The summed E-state index contributed by atoms with van der Waals surface area (Å²) in [4.78, 5) is 18.5. The maximum atomic E-state index is 11.9. The second-order valence-electron chi connectivity index (χ2n) is 7.01. The van der Waals surface area contributed by atoms with Crippen LogP contribution in [0.1, 0.15) is 38.7 Å². The van der Waals surface area contributed by atoms with Crippen LogP contribution in [-0.4, -0.2) is 63.8 Å². The summed E-state index contributed by atoms with van der Waals surface area (Å²) in [5.74, 6) is 2.40. The molecule has 1 aromatic rings. The van der Waals surface area contributed by atoms with E-state index in [0.717, 1.165) is 62.8 Å². The number of rotatable bonds is 9. The molecular formula is C22H35N3O4. The Bertz CT molecular complexity index is 670. The molecule has 2 rings (SSSR count). The summed E-state index contributed by atoms with van der Waals surface area (Å²) in [6.07, 6.45) is 3.55. The van der Waals surface area contributed by atoms with Gasteiger partial charge in [-0.25, -0.2) is 0 Å². The maximum Gasteiger partial charge on any atom is 0.309 e. The van der Waals surface area contributed by atoms with Gasteiger partial charge >= 0.3 is 5.97 Å². The van der Waals surface area contributed by atoms with Gasteiger partial charge in [0.05, 0.1) is 26.2 Å². The standard InChI is InChI=1S/C22H35N3O4/c1-5-28-20-16-17(9-10-19(20)27-4)8-7-13-24-22(23-3)25-14-11-18(12-15-25)21(26)29-6-2/h9-10,16,18H,5-8,11-15H2,1-4H3,(H,23,24). The van der Waals surface area contributed by atoms with Crippen molar-refractivity contribution in [3.05, 3.63) is 23.8 Å². The van der Waals surface area contributed by atoms with Crippen molar-refractivity contribution in [2.45, 2.75) is 39.5 Å². The molecule has 162 valence electrons. The average Bonchev–Trinajstić information content (AvgIpc) is 2.74. The van der Waals surface area contributed by atoms with E-state index in [0.29, 0.717) is 13.2 Å². The Hall–Kier alpha value is -2.44. The summed E-state index contributed by atoms with van der Waals surface area (Å²) in [5, 5.41) is 3.44. The number of hydrogen-bond acceptors (Lipinski definition) is 5. The lowest BCUT2D eigenvalue weighted by atomic mass is 9.97. The Morgan fingerprint density at radius 2 is 1.97 bits per heavy atom. The second kappa shape index (κ2) is 12.2. The van der Waals surface area contributed by atoms with Crippen molar-refractivity contribution in [1.29, 1.82) is 0 Å². The van der Waals surface area contributed by atoms with E-state index in [1.165, 1.54) is 5.56 Å². The molecule has 1 heterocycles. The van der Waals surface area contributed by atoms with Crippen LogP contribution in [0.4, 0.5) is 0 Å². The second-order valence-corrected chi connectivity index (χ2v) is 7.01. The van der Waals surface area contributed by atoms with E-state index in [9.17, 15) is 4.79 Å². The molecule has 7 heteroatoms. The number of methoxy groups -OCH3 is 1. The molecule has 1 fully saturated rings. The van der Waals surface area contributed by atoms with Crippen LogP contribution in [0.3, 0.4) is 0 Å². The van der Waals surface area contributed by atoms with E-state index in [2.05, 4.69) is 27.3 Å². The highest BCUT2D eigenvalue weighted by Crippen LogP contribution is 2.28. The smallest absolute Gasteiger partial charge is 0.309 e. The van der Waals surface area contributed by atoms with Crippen LogP contribution < -0.4 is 14.8 Å². The molecule has 0 saturated carbocycles. The van der Waals surface area contributed by atoms with Gasteiger partial charge in [-0.2, -0.15) is 0 Å². The Morgan fingerprint density at radius 1 is 1.21 bits per heavy atom. The SMILES string of the molecule is CCOC(=O)C1CCN(C(=NC)NCCCc2ccc(OC)c(OCC)c2)CC1. The van der Waals surface area contributed by atoms with Gasteiger partial charge in [-0.1, -0.05) is 6.07 Å². The fourth-order valence-electron chi connectivity index (χ4n) is 3.56. The molecule has 0 amide bonds. The minimum atomic E-state index is -0.0685. The number of likely N-dealkylation sites (tertiary alicyclic amines) is 1. The van der Waals surface area contributed by atoms with Gasteiger partial charge < -0.3 is 24.4 Å². The lowest BCUT2D eigenvalue weighted by Crippen LogP contribution is -2.47. The van der Waals surface area contributed by atoms with Gasteiger partial charge in [0.2, 0.25) is 0 Å². The summed E-state index contributed by atoms with van der Waals surface area (Å²) >= 11 is 0. The fourth-order valence-corrected chi connectivity index (χ4v) is 3.56. The van der Waals surface area contributed by atoms with Crippen molar-refractivity contribution in [3.63, 3.8) is 0 Å². The van der Waals surface area contributed by atoms with Crippen LogP contribution in [0.25, 0.3) is 0 Å². The normalized spacial score (nSPS) is 15.2. The zero-order chi connectivity index (χ0) is 21.1. The number of aryl methyl sites for hydroxylation is 1. The van der Waals surface area contributed by atoms with E-state index in [1.807, 2.05) is 19.9 Å². The van der Waals surface area contributed by atoms with E-state index in [4.69, 9.17) is 14.2 Å². The molecule has 0 bridgehead atoms. The zero-order valence-electron chi connectivity index (χ0n) is 18.2. The van der Waals surface area contributed by atoms with Crippen LogP contribution in [0.5, 0.6) is 11.5 Å². The number of piperidine rings is 1. The number of benzene rings is 1. The third-order valence-electron chi connectivity index (χ3n) is 5.08. The molecule has 0 spiro atoms. The van der Waals surface area contributed by atoms with E-state index in [-0.39, 0.29) is 11.9 Å². The highest BCUT2D eigenvalue weighted by Gasteiger charge is 2.27. The monoisotopic (exact) mass is 405 g/mol. The predicted octanol–water partition coefficient (Wildman–Crippen LogP) is 2.88. The molecule has 1 aliphatic rings. The van der Waals surface area contributed by atoms with E-state index >= 15 is 0 Å². The first-order valence-corrected chi connectivity index (χ1v) is 10.5. The molecule has 1 aromatic carbocycles. The Morgan fingerprint density at radius 3 is 2.59 bits per heavy atom. The fraction of sp³-hybridized carbons (Fsp3) is 0.636.